The number of carbonyl (C=O) groups excluding carboxylic acids is 1. The maximum Gasteiger partial charge on any atom is 0.387 e. The molecule has 3 rings (SSSR count). The minimum atomic E-state index is -2.93. The van der Waals surface area contributed by atoms with Crippen molar-refractivity contribution in [1.82, 2.24) is 5.32 Å². The van der Waals surface area contributed by atoms with Gasteiger partial charge in [0.05, 0.1) is 13.7 Å². The molecule has 28 heavy (non-hydrogen) atoms. The summed E-state index contributed by atoms with van der Waals surface area (Å²) in [7, 11) is 1.38. The van der Waals surface area contributed by atoms with E-state index in [4.69, 9.17) is 9.47 Å². The van der Waals surface area contributed by atoms with Gasteiger partial charge in [-0.2, -0.15) is 8.78 Å². The summed E-state index contributed by atoms with van der Waals surface area (Å²) < 4.78 is 39.9. The van der Waals surface area contributed by atoms with E-state index in [1.54, 1.807) is 18.2 Å². The van der Waals surface area contributed by atoms with Crippen LogP contribution in [0.5, 0.6) is 17.2 Å². The van der Waals surface area contributed by atoms with Crippen molar-refractivity contribution in [3.05, 3.63) is 59.2 Å². The highest BCUT2D eigenvalue weighted by Crippen LogP contribution is 2.29. The number of amides is 1. The van der Waals surface area contributed by atoms with Crippen molar-refractivity contribution in [1.29, 1.82) is 0 Å². The van der Waals surface area contributed by atoms with E-state index in [0.29, 0.717) is 19.6 Å². The van der Waals surface area contributed by atoms with Gasteiger partial charge in [0.25, 0.3) is 0 Å². The Kier molecular flexibility index (Phi) is 6.47. The van der Waals surface area contributed by atoms with Gasteiger partial charge in [-0.3, -0.25) is 4.79 Å². The third-order valence-electron chi connectivity index (χ3n) is 4.30. The highest BCUT2D eigenvalue weighted by molar-refractivity contribution is 5.91. The number of rotatable bonds is 8. The fourth-order valence-corrected chi connectivity index (χ4v) is 2.94. The van der Waals surface area contributed by atoms with Crippen LogP contribution in [0.1, 0.15) is 16.7 Å². The van der Waals surface area contributed by atoms with Crippen molar-refractivity contribution in [3.63, 3.8) is 0 Å². The molecule has 1 aliphatic rings. The zero-order valence-electron chi connectivity index (χ0n) is 15.4. The Bertz CT molecular complexity index is 867. The number of ether oxygens (including phenoxy) is 3. The van der Waals surface area contributed by atoms with E-state index in [9.17, 15) is 13.6 Å². The first-order chi connectivity index (χ1) is 13.5. The predicted octanol–water partition coefficient (Wildman–Crippen LogP) is 3.60. The first kappa shape index (κ1) is 19.7. The van der Waals surface area contributed by atoms with E-state index in [1.807, 2.05) is 18.2 Å². The lowest BCUT2D eigenvalue weighted by atomic mass is 10.1. The van der Waals surface area contributed by atoms with E-state index in [2.05, 4.69) is 10.1 Å². The largest absolute Gasteiger partial charge is 0.493 e. The summed E-state index contributed by atoms with van der Waals surface area (Å²) in [5, 5.41) is 2.77. The van der Waals surface area contributed by atoms with Crippen LogP contribution >= 0.6 is 0 Å². The fourth-order valence-electron chi connectivity index (χ4n) is 2.94. The molecule has 0 saturated heterocycles. The third-order valence-corrected chi connectivity index (χ3v) is 4.30. The van der Waals surface area contributed by atoms with Crippen LogP contribution in [0.4, 0.5) is 8.78 Å². The third kappa shape index (κ3) is 5.22. The molecule has 0 aromatic heterocycles. The molecule has 148 valence electrons. The number of halogens is 2. The highest BCUT2D eigenvalue weighted by Gasteiger charge is 2.12. The minimum Gasteiger partial charge on any atom is -0.493 e. The summed E-state index contributed by atoms with van der Waals surface area (Å²) in [6.45, 7) is -1.88. The summed E-state index contributed by atoms with van der Waals surface area (Å²) >= 11 is 0. The molecule has 1 amide bonds. The number of benzene rings is 2. The van der Waals surface area contributed by atoms with Gasteiger partial charge >= 0.3 is 6.61 Å². The zero-order valence-corrected chi connectivity index (χ0v) is 15.4. The quantitative estimate of drug-likeness (QED) is 0.701. The summed E-state index contributed by atoms with van der Waals surface area (Å²) in [5.41, 5.74) is 2.83. The van der Waals surface area contributed by atoms with Gasteiger partial charge in [-0.15, -0.1) is 0 Å². The Hall–Kier alpha value is -3.09. The molecule has 0 atom stereocenters. The standard InChI is InChI=1S/C21H21F2NO4/c1-26-18-6-3-15(13-19(18)28-21(22)23)8-10-24-20(25)7-4-14-2-5-17-16(12-14)9-11-27-17/h2-7,12-13,21H,8-11H2,1H3,(H,24,25). The molecule has 0 aliphatic carbocycles. The fraction of sp³-hybridized carbons (Fsp3) is 0.286. The Balaban J connectivity index is 1.51. The van der Waals surface area contributed by atoms with E-state index in [-0.39, 0.29) is 17.4 Å². The minimum absolute atomic E-state index is 0.0261. The molecular formula is C21H21F2NO4. The van der Waals surface area contributed by atoms with Crippen molar-refractivity contribution in [3.8, 4) is 17.2 Å². The molecule has 1 aliphatic heterocycles. The second-order valence-corrected chi connectivity index (χ2v) is 6.20. The van der Waals surface area contributed by atoms with Crippen molar-refractivity contribution >= 4 is 12.0 Å². The second kappa shape index (κ2) is 9.21. The molecule has 0 spiro atoms. The monoisotopic (exact) mass is 389 g/mol. The van der Waals surface area contributed by atoms with Gasteiger partial charge in [-0.05, 0) is 53.5 Å². The average Bonchev–Trinajstić information content (AvgIpc) is 3.14. The lowest BCUT2D eigenvalue weighted by Gasteiger charge is -2.11. The number of hydrogen-bond acceptors (Lipinski definition) is 4. The maximum absolute atomic E-state index is 12.5. The van der Waals surface area contributed by atoms with Gasteiger partial charge < -0.3 is 19.5 Å². The molecular weight excluding hydrogens is 368 g/mol. The van der Waals surface area contributed by atoms with Gasteiger partial charge in [-0.1, -0.05) is 12.1 Å². The second-order valence-electron chi connectivity index (χ2n) is 6.20. The van der Waals surface area contributed by atoms with E-state index >= 15 is 0 Å². The van der Waals surface area contributed by atoms with Crippen LogP contribution in [-0.4, -0.2) is 32.8 Å². The van der Waals surface area contributed by atoms with Crippen LogP contribution in [0.15, 0.2) is 42.5 Å². The van der Waals surface area contributed by atoms with Crippen LogP contribution in [-0.2, 0) is 17.6 Å². The number of nitrogens with one attached hydrogen (secondary N) is 1. The lowest BCUT2D eigenvalue weighted by molar-refractivity contribution is -0.116. The molecule has 0 unspecified atom stereocenters. The van der Waals surface area contributed by atoms with E-state index in [0.717, 1.165) is 28.9 Å². The molecule has 0 fully saturated rings. The SMILES string of the molecule is COc1ccc(CCNC(=O)C=Cc2ccc3c(c2)CCO3)cc1OC(F)F. The number of carbonyl (C=O) groups is 1. The Labute approximate surface area is 161 Å². The molecule has 1 N–H and O–H groups in total. The molecule has 7 heteroatoms. The van der Waals surface area contributed by atoms with Crippen LogP contribution in [0.25, 0.3) is 6.08 Å². The average molecular weight is 389 g/mol. The van der Waals surface area contributed by atoms with E-state index in [1.165, 1.54) is 19.3 Å². The first-order valence-electron chi connectivity index (χ1n) is 8.88. The number of fused-ring (bicyclic) bond motifs is 1. The van der Waals surface area contributed by atoms with Crippen molar-refractivity contribution in [2.45, 2.75) is 19.5 Å². The van der Waals surface area contributed by atoms with Gasteiger partial charge in [0.15, 0.2) is 11.5 Å². The molecule has 2 aromatic carbocycles. The van der Waals surface area contributed by atoms with Crippen molar-refractivity contribution in [2.75, 3.05) is 20.3 Å². The first-order valence-corrected chi connectivity index (χ1v) is 8.88. The van der Waals surface area contributed by atoms with Gasteiger partial charge in [0, 0.05) is 19.0 Å². The van der Waals surface area contributed by atoms with Crippen LogP contribution in [0.2, 0.25) is 0 Å². The zero-order chi connectivity index (χ0) is 19.9. The molecule has 5 nitrogen and oxygen atoms in total. The predicted molar refractivity (Wildman–Crippen MR) is 101 cm³/mol. The van der Waals surface area contributed by atoms with Crippen molar-refractivity contribution < 1.29 is 27.8 Å². The van der Waals surface area contributed by atoms with Crippen molar-refractivity contribution in [2.24, 2.45) is 0 Å². The van der Waals surface area contributed by atoms with Crippen LogP contribution in [0.3, 0.4) is 0 Å². The molecule has 0 saturated carbocycles. The van der Waals surface area contributed by atoms with Crippen LogP contribution in [0, 0.1) is 0 Å². The Morgan fingerprint density at radius 2 is 2.11 bits per heavy atom. The number of methoxy groups -OCH3 is 1. The van der Waals surface area contributed by atoms with Crippen LogP contribution < -0.4 is 19.5 Å². The molecule has 0 bridgehead atoms. The molecule has 0 radical (unpaired) electrons. The topological polar surface area (TPSA) is 56.8 Å². The smallest absolute Gasteiger partial charge is 0.387 e. The summed E-state index contributed by atoms with van der Waals surface area (Å²) in [6.07, 6.45) is 4.56. The number of alkyl halides is 2. The lowest BCUT2D eigenvalue weighted by Crippen LogP contribution is -2.23. The normalized spacial score (nSPS) is 12.7. The Morgan fingerprint density at radius 3 is 2.89 bits per heavy atom. The Morgan fingerprint density at radius 1 is 1.25 bits per heavy atom. The summed E-state index contributed by atoms with van der Waals surface area (Å²) in [4.78, 5) is 12.0. The number of hydrogen-bond donors (Lipinski definition) is 1. The van der Waals surface area contributed by atoms with Gasteiger partial charge in [-0.25, -0.2) is 0 Å². The molecule has 2 aromatic rings. The maximum atomic E-state index is 12.5. The summed E-state index contributed by atoms with van der Waals surface area (Å²) in [5.74, 6) is 0.878. The van der Waals surface area contributed by atoms with Gasteiger partial charge in [0.2, 0.25) is 5.91 Å². The molecule has 1 heterocycles. The summed E-state index contributed by atoms with van der Waals surface area (Å²) in [6, 6.07) is 10.6. The van der Waals surface area contributed by atoms with E-state index < -0.39 is 6.61 Å². The highest BCUT2D eigenvalue weighted by atomic mass is 19.3. The van der Waals surface area contributed by atoms with Gasteiger partial charge in [0.1, 0.15) is 5.75 Å².